The summed E-state index contributed by atoms with van der Waals surface area (Å²) in [7, 11) is 0. The Labute approximate surface area is 80.9 Å². The zero-order chi connectivity index (χ0) is 10.8. The van der Waals surface area contributed by atoms with E-state index in [1.807, 2.05) is 6.92 Å². The minimum Gasteiger partial charge on any atom is -0.353 e. The highest BCUT2D eigenvalue weighted by molar-refractivity contribution is 5.76. The number of rotatable bonds is 2. The molecule has 2 unspecified atom stereocenters. The molecule has 0 aliphatic heterocycles. The number of halogens is 3. The van der Waals surface area contributed by atoms with Gasteiger partial charge < -0.3 is 5.32 Å². The van der Waals surface area contributed by atoms with E-state index in [0.29, 0.717) is 5.92 Å². The highest BCUT2D eigenvalue weighted by Gasteiger charge is 2.32. The maximum absolute atomic E-state index is 11.8. The van der Waals surface area contributed by atoms with Gasteiger partial charge in [0, 0.05) is 6.04 Å². The first-order chi connectivity index (χ1) is 6.37. The Kier molecular flexibility index (Phi) is 3.39. The number of carbonyl (C=O) groups excluding carboxylic acids is 1. The summed E-state index contributed by atoms with van der Waals surface area (Å²) in [6.07, 6.45) is -3.18. The smallest absolute Gasteiger partial charge is 0.353 e. The van der Waals surface area contributed by atoms with E-state index < -0.39 is 18.5 Å². The van der Waals surface area contributed by atoms with Gasteiger partial charge in [-0.25, -0.2) is 0 Å². The maximum Gasteiger partial charge on any atom is 0.397 e. The lowest BCUT2D eigenvalue weighted by Gasteiger charge is -2.13. The van der Waals surface area contributed by atoms with E-state index in [9.17, 15) is 18.0 Å². The van der Waals surface area contributed by atoms with Gasteiger partial charge in [0.15, 0.2) is 0 Å². The molecule has 14 heavy (non-hydrogen) atoms. The van der Waals surface area contributed by atoms with Crippen LogP contribution >= 0.6 is 0 Å². The van der Waals surface area contributed by atoms with E-state index in [4.69, 9.17) is 0 Å². The summed E-state index contributed by atoms with van der Waals surface area (Å²) in [4.78, 5) is 10.9. The van der Waals surface area contributed by atoms with E-state index in [1.165, 1.54) is 0 Å². The molecule has 0 heterocycles. The summed E-state index contributed by atoms with van der Waals surface area (Å²) in [6, 6.07) is -0.0557. The molecule has 0 aromatic heterocycles. The number of alkyl halides is 3. The zero-order valence-electron chi connectivity index (χ0n) is 8.03. The van der Waals surface area contributed by atoms with Crippen LogP contribution in [0, 0.1) is 5.92 Å². The molecule has 1 aliphatic rings. The summed E-state index contributed by atoms with van der Waals surface area (Å²) in [5, 5.41) is 2.41. The number of hydrogen-bond donors (Lipinski definition) is 1. The van der Waals surface area contributed by atoms with Crippen molar-refractivity contribution in [3.05, 3.63) is 0 Å². The normalized spacial score (nSPS) is 27.7. The lowest BCUT2D eigenvalue weighted by Crippen LogP contribution is -2.35. The summed E-state index contributed by atoms with van der Waals surface area (Å²) < 4.78 is 35.4. The van der Waals surface area contributed by atoms with E-state index in [2.05, 4.69) is 5.32 Å². The van der Waals surface area contributed by atoms with Gasteiger partial charge in [-0.15, -0.1) is 0 Å². The molecule has 0 saturated heterocycles. The Balaban J connectivity index is 2.27. The third kappa shape index (κ3) is 3.98. The van der Waals surface area contributed by atoms with Crippen LogP contribution < -0.4 is 5.32 Å². The topological polar surface area (TPSA) is 29.1 Å². The van der Waals surface area contributed by atoms with Crippen molar-refractivity contribution in [1.29, 1.82) is 0 Å². The van der Waals surface area contributed by atoms with Crippen molar-refractivity contribution in [3.8, 4) is 0 Å². The third-order valence-corrected chi connectivity index (χ3v) is 2.42. The van der Waals surface area contributed by atoms with Crippen molar-refractivity contribution in [2.45, 2.75) is 44.8 Å². The maximum atomic E-state index is 11.8. The quantitative estimate of drug-likeness (QED) is 0.742. The third-order valence-electron chi connectivity index (χ3n) is 2.42. The molecule has 1 N–H and O–H groups in total. The van der Waals surface area contributed by atoms with Gasteiger partial charge in [-0.1, -0.05) is 6.92 Å². The Hall–Kier alpha value is -0.740. The molecular weight excluding hydrogens is 195 g/mol. The molecule has 5 heteroatoms. The fourth-order valence-electron chi connectivity index (χ4n) is 1.80. The lowest BCUT2D eigenvalue weighted by molar-refractivity contribution is -0.154. The number of hydrogen-bond acceptors (Lipinski definition) is 1. The summed E-state index contributed by atoms with van der Waals surface area (Å²) in [6.45, 7) is 2.04. The van der Waals surface area contributed by atoms with Gasteiger partial charge >= 0.3 is 6.18 Å². The molecule has 0 bridgehead atoms. The Morgan fingerprint density at radius 3 is 2.50 bits per heavy atom. The van der Waals surface area contributed by atoms with Crippen LogP contribution in [0.2, 0.25) is 0 Å². The summed E-state index contributed by atoms with van der Waals surface area (Å²) >= 11 is 0. The van der Waals surface area contributed by atoms with Gasteiger partial charge in [0.05, 0.1) is 0 Å². The molecule has 0 aromatic rings. The van der Waals surface area contributed by atoms with Crippen LogP contribution in [-0.2, 0) is 4.79 Å². The molecule has 2 atom stereocenters. The SMILES string of the molecule is CC1CCC(NC(=O)CC(F)(F)F)C1. The Morgan fingerprint density at radius 2 is 2.07 bits per heavy atom. The number of carbonyl (C=O) groups is 1. The molecule has 1 aliphatic carbocycles. The van der Waals surface area contributed by atoms with E-state index in [0.717, 1.165) is 19.3 Å². The van der Waals surface area contributed by atoms with Crippen LogP contribution in [0.5, 0.6) is 0 Å². The van der Waals surface area contributed by atoms with Crippen LogP contribution in [-0.4, -0.2) is 18.1 Å². The molecule has 0 spiro atoms. The van der Waals surface area contributed by atoms with Crippen LogP contribution in [0.3, 0.4) is 0 Å². The standard InChI is InChI=1S/C9H14F3NO/c1-6-2-3-7(4-6)13-8(14)5-9(10,11)12/h6-7H,2-5H2,1H3,(H,13,14). The molecule has 1 amide bonds. The molecule has 0 radical (unpaired) electrons. The first kappa shape index (κ1) is 11.3. The van der Waals surface area contributed by atoms with Crippen molar-refractivity contribution >= 4 is 5.91 Å². The minimum absolute atomic E-state index is 0.0557. The summed E-state index contributed by atoms with van der Waals surface area (Å²) in [5.41, 5.74) is 0. The van der Waals surface area contributed by atoms with Gasteiger partial charge in [-0.3, -0.25) is 4.79 Å². The molecule has 2 nitrogen and oxygen atoms in total. The monoisotopic (exact) mass is 209 g/mol. The fourth-order valence-corrected chi connectivity index (χ4v) is 1.80. The van der Waals surface area contributed by atoms with Crippen molar-refractivity contribution in [2.24, 2.45) is 5.92 Å². The molecule has 0 aromatic carbocycles. The lowest BCUT2D eigenvalue weighted by atomic mass is 10.1. The van der Waals surface area contributed by atoms with Gasteiger partial charge in [-0.2, -0.15) is 13.2 Å². The predicted octanol–water partition coefficient (Wildman–Crippen LogP) is 2.24. The van der Waals surface area contributed by atoms with Crippen LogP contribution in [0.1, 0.15) is 32.6 Å². The molecule has 82 valence electrons. The zero-order valence-corrected chi connectivity index (χ0v) is 8.03. The average molecular weight is 209 g/mol. The van der Waals surface area contributed by atoms with Gasteiger partial charge in [-0.05, 0) is 25.2 Å². The van der Waals surface area contributed by atoms with Gasteiger partial charge in [0.25, 0.3) is 0 Å². The van der Waals surface area contributed by atoms with Crippen molar-refractivity contribution in [1.82, 2.24) is 5.32 Å². The van der Waals surface area contributed by atoms with Crippen molar-refractivity contribution in [2.75, 3.05) is 0 Å². The highest BCUT2D eigenvalue weighted by atomic mass is 19.4. The largest absolute Gasteiger partial charge is 0.397 e. The van der Waals surface area contributed by atoms with Crippen molar-refractivity contribution < 1.29 is 18.0 Å². The number of nitrogens with one attached hydrogen (secondary N) is 1. The van der Waals surface area contributed by atoms with E-state index in [-0.39, 0.29) is 6.04 Å². The fraction of sp³-hybridized carbons (Fsp3) is 0.889. The average Bonchev–Trinajstić information content (AvgIpc) is 2.30. The first-order valence-corrected chi connectivity index (χ1v) is 4.73. The van der Waals surface area contributed by atoms with Crippen LogP contribution in [0.15, 0.2) is 0 Å². The molecular formula is C9H14F3NO. The molecule has 1 fully saturated rings. The predicted molar refractivity (Wildman–Crippen MR) is 45.6 cm³/mol. The summed E-state index contributed by atoms with van der Waals surface area (Å²) in [5.74, 6) is -0.400. The van der Waals surface area contributed by atoms with Crippen molar-refractivity contribution in [3.63, 3.8) is 0 Å². The van der Waals surface area contributed by atoms with Crippen LogP contribution in [0.4, 0.5) is 13.2 Å². The second kappa shape index (κ2) is 4.19. The van der Waals surface area contributed by atoms with Gasteiger partial charge in [0.2, 0.25) is 5.91 Å². The van der Waals surface area contributed by atoms with E-state index >= 15 is 0 Å². The van der Waals surface area contributed by atoms with E-state index in [1.54, 1.807) is 0 Å². The number of amides is 1. The molecule has 1 saturated carbocycles. The van der Waals surface area contributed by atoms with Gasteiger partial charge in [0.1, 0.15) is 6.42 Å². The highest BCUT2D eigenvalue weighted by Crippen LogP contribution is 2.25. The Morgan fingerprint density at radius 1 is 1.43 bits per heavy atom. The minimum atomic E-state index is -4.39. The second-order valence-corrected chi connectivity index (χ2v) is 3.97. The molecule has 1 rings (SSSR count). The van der Waals surface area contributed by atoms with Crippen LogP contribution in [0.25, 0.3) is 0 Å². The first-order valence-electron chi connectivity index (χ1n) is 4.73. The Bertz CT molecular complexity index is 215. The second-order valence-electron chi connectivity index (χ2n) is 3.97.